The molecule has 12 saturated heterocycles. The van der Waals surface area contributed by atoms with Gasteiger partial charge in [0.2, 0.25) is 17.4 Å². The number of carbonyl (C=O) groups excluding carboxylic acids is 3. The van der Waals surface area contributed by atoms with Gasteiger partial charge in [-0.2, -0.15) is 0 Å². The number of amides is 3. The maximum atomic E-state index is 13.7. The van der Waals surface area contributed by atoms with Crippen LogP contribution < -0.4 is 16.0 Å². The molecule has 0 aromatic heterocycles. The molecule has 15 fully saturated rings. The third-order valence-electron chi connectivity index (χ3n) is 25.3. The first kappa shape index (κ1) is 68.2. The highest BCUT2D eigenvalue weighted by Gasteiger charge is 2.73. The molecule has 3 amide bonds. The fourth-order valence-electron chi connectivity index (χ4n) is 19.6. The summed E-state index contributed by atoms with van der Waals surface area (Å²) in [5.41, 5.74) is 2.25. The average molecular weight is 1350 g/mol. The Kier molecular flexibility index (Phi) is 19.0. The van der Waals surface area contributed by atoms with Crippen molar-refractivity contribution in [2.45, 2.75) is 231 Å². The summed E-state index contributed by atoms with van der Waals surface area (Å²) in [6.07, 6.45) is 8.04. The van der Waals surface area contributed by atoms with E-state index in [1.54, 1.807) is 36.4 Å². The van der Waals surface area contributed by atoms with Crippen molar-refractivity contribution in [2.24, 2.45) is 71.0 Å². The zero-order chi connectivity index (χ0) is 67.2. The second kappa shape index (κ2) is 27.0. The highest BCUT2D eigenvalue weighted by atomic mass is 17.3. The summed E-state index contributed by atoms with van der Waals surface area (Å²) in [5, 5.41) is 9.27. The Morgan fingerprint density at radius 3 is 0.948 bits per heavy atom. The molecule has 22 nitrogen and oxygen atoms in total. The Morgan fingerprint density at radius 1 is 0.392 bits per heavy atom. The molecule has 18 rings (SSSR count). The predicted octanol–water partition coefficient (Wildman–Crippen LogP) is 10.8. The van der Waals surface area contributed by atoms with Crippen molar-refractivity contribution < 1.29 is 86.3 Å². The van der Waals surface area contributed by atoms with E-state index in [0.29, 0.717) is 93.5 Å². The molecule has 12 aliphatic heterocycles. The number of fused-ring (bicyclic) bond motifs is 6. The quantitative estimate of drug-likeness (QED) is 0.0842. The Bertz CT molecular complexity index is 2970. The second-order valence-corrected chi connectivity index (χ2v) is 31.5. The summed E-state index contributed by atoms with van der Waals surface area (Å²) in [5.74, 6) is -0.517. The molecule has 3 saturated carbocycles. The number of benzene rings is 3. The van der Waals surface area contributed by atoms with Crippen LogP contribution in [-0.2, 0) is 91.8 Å². The summed E-state index contributed by atoms with van der Waals surface area (Å²) < 4.78 is 59.1. The molecule has 3 N–H and O–H groups in total. The predicted molar refractivity (Wildman–Crippen MR) is 348 cm³/mol. The summed E-state index contributed by atoms with van der Waals surface area (Å²) in [7, 11) is 0. The van der Waals surface area contributed by atoms with Gasteiger partial charge in [0.1, 0.15) is 0 Å². The minimum absolute atomic E-state index is 0.0376. The molecule has 24 atom stereocenters. The first-order valence-corrected chi connectivity index (χ1v) is 36.5. The standard InChI is InChI=1S/C75H102N4O18/c1-43-10-25-58-46(4)64(86-67-73(58)55(43)28-31-70(7,89-67)92-95-73)83-40-49-13-19-52(20-14-49)61(80)76-34-37-79(38-35-77-62(81)53-21-15-50(16-22-53)41-84-65-47(5)59-26-11-44(2)56-29-32-71(8)90-68(87-65)74(56,59)96-93-71)39-36-78-63(82)54-23-17-51(18-24-54)42-85-66-48(6)60-27-12-45(3)57-30-33-72(9)91-69(88-66)75(57,60)97-94-72/h13-24,43-48,55-60,64-69H,10-12,25-42H2,1-9H3,(H,76,80)(H,77,81)(H,78,82)/t43-,44-,45-,46-,47-,48+,55?,56?,57+,58?,59?,60-,64+,65+,66+,67?,68?,69+,70+,71+,72-,73-,74-,75-/m1/s1. The van der Waals surface area contributed by atoms with Gasteiger partial charge in [0.05, 0.1) is 19.8 Å². The van der Waals surface area contributed by atoms with E-state index in [-0.39, 0.29) is 71.0 Å². The largest absolute Gasteiger partial charge is 0.351 e. The lowest BCUT2D eigenvalue weighted by atomic mass is 9.58. The zero-order valence-corrected chi connectivity index (χ0v) is 58.0. The highest BCUT2D eigenvalue weighted by Crippen LogP contribution is 2.64. The topological polar surface area (TPSA) is 229 Å². The second-order valence-electron chi connectivity index (χ2n) is 31.5. The average Bonchev–Trinajstić information content (AvgIpc) is 1.69. The normalized spacial score (nSPS) is 42.9. The van der Waals surface area contributed by atoms with Crippen molar-refractivity contribution in [2.75, 3.05) is 39.3 Å². The number of rotatable bonds is 21. The molecule has 3 aromatic carbocycles. The van der Waals surface area contributed by atoms with Gasteiger partial charge in [0.25, 0.3) is 17.7 Å². The van der Waals surface area contributed by atoms with E-state index >= 15 is 0 Å². The van der Waals surface area contributed by atoms with Gasteiger partial charge in [-0.1, -0.05) is 77.9 Å². The van der Waals surface area contributed by atoms with Crippen LogP contribution in [0, 0.1) is 71.0 Å². The maximum Gasteiger partial charge on any atom is 0.251 e. The van der Waals surface area contributed by atoms with Crippen molar-refractivity contribution in [3.63, 3.8) is 0 Å². The number of hydrogen-bond acceptors (Lipinski definition) is 19. The van der Waals surface area contributed by atoms with Crippen LogP contribution in [0.3, 0.4) is 0 Å². The molecule has 530 valence electrons. The van der Waals surface area contributed by atoms with E-state index in [1.807, 2.05) is 57.2 Å². The fraction of sp³-hybridized carbons (Fsp3) is 0.720. The number of nitrogens with zero attached hydrogens (tertiary/aromatic N) is 1. The molecule has 22 heteroatoms. The van der Waals surface area contributed by atoms with Crippen LogP contribution in [0.15, 0.2) is 72.8 Å². The molecule has 15 aliphatic rings. The first-order chi connectivity index (χ1) is 46.7. The van der Waals surface area contributed by atoms with Crippen LogP contribution >= 0.6 is 0 Å². The van der Waals surface area contributed by atoms with Crippen LogP contribution in [0.5, 0.6) is 0 Å². The van der Waals surface area contributed by atoms with E-state index in [1.165, 1.54) is 0 Å². The van der Waals surface area contributed by atoms with E-state index in [9.17, 15) is 14.4 Å². The van der Waals surface area contributed by atoms with Crippen LogP contribution in [-0.4, -0.2) is 134 Å². The molecule has 6 bridgehead atoms. The lowest BCUT2D eigenvalue weighted by molar-refractivity contribution is -0.577. The fourth-order valence-corrected chi connectivity index (χ4v) is 19.6. The van der Waals surface area contributed by atoms with Crippen molar-refractivity contribution in [1.29, 1.82) is 0 Å². The smallest absolute Gasteiger partial charge is 0.251 e. The number of carbonyl (C=O) groups is 3. The van der Waals surface area contributed by atoms with Gasteiger partial charge in [0, 0.05) is 111 Å². The molecule has 3 aromatic rings. The lowest BCUT2D eigenvalue weighted by Crippen LogP contribution is -2.70. The highest BCUT2D eigenvalue weighted by molar-refractivity contribution is 5.95. The number of nitrogens with one attached hydrogen (secondary N) is 3. The SMILES string of the molecule is C[C@@H]1[C@@H](OCc2ccc(C(=O)NCCN(CCNC(=O)c3ccc(CO[C@H]4OC5O[C@]6(C)CCC7[C@H](C)CCC([C@H]4C)[C@@]57OO6)cc3)CCNC(=O)c3ccc(CO[C@H]4OC5O[C@]6(C)CCC7[C@H](C)CCC([C@H]4C)[C@@]57OO6)cc3)cc2)O[C@H]2O[C@@]3(C)CC[C@H]4[C@H](C)CC[C@H]1[C@@]24OO3. The molecule has 6 unspecified atom stereocenters. The molecular weight excluding hydrogens is 1240 g/mol. The van der Waals surface area contributed by atoms with E-state index in [4.69, 9.17) is 72.0 Å². The van der Waals surface area contributed by atoms with Crippen LogP contribution in [0.2, 0.25) is 0 Å². The summed E-state index contributed by atoms with van der Waals surface area (Å²) in [6.45, 7) is 22.4. The van der Waals surface area contributed by atoms with Gasteiger partial charge in [-0.15, -0.1) is 0 Å². The van der Waals surface area contributed by atoms with Crippen LogP contribution in [0.4, 0.5) is 0 Å². The number of hydrogen-bond donors (Lipinski definition) is 3. The van der Waals surface area contributed by atoms with Crippen molar-refractivity contribution >= 4 is 17.7 Å². The van der Waals surface area contributed by atoms with Crippen molar-refractivity contribution in [3.05, 3.63) is 106 Å². The Balaban J connectivity index is 0.545. The van der Waals surface area contributed by atoms with Gasteiger partial charge in [0.15, 0.2) is 54.5 Å². The zero-order valence-electron chi connectivity index (χ0n) is 58.0. The summed E-state index contributed by atoms with van der Waals surface area (Å²) in [6, 6.07) is 22.3. The lowest BCUT2D eigenvalue weighted by Gasteiger charge is -2.60. The van der Waals surface area contributed by atoms with Gasteiger partial charge < -0.3 is 58.6 Å². The summed E-state index contributed by atoms with van der Waals surface area (Å²) in [4.78, 5) is 80.2. The monoisotopic (exact) mass is 1350 g/mol. The van der Waals surface area contributed by atoms with Crippen molar-refractivity contribution in [1.82, 2.24) is 20.9 Å². The molecular formula is C75H102N4O18. The van der Waals surface area contributed by atoms with Gasteiger partial charge >= 0.3 is 0 Å². The Morgan fingerprint density at radius 2 is 0.670 bits per heavy atom. The minimum atomic E-state index is -0.870. The molecule has 12 heterocycles. The third kappa shape index (κ3) is 12.5. The van der Waals surface area contributed by atoms with Gasteiger partial charge in [-0.25, -0.2) is 29.3 Å². The van der Waals surface area contributed by atoms with E-state index < -0.39 is 71.9 Å². The van der Waals surface area contributed by atoms with Crippen LogP contribution in [0.25, 0.3) is 0 Å². The third-order valence-corrected chi connectivity index (χ3v) is 25.3. The molecule has 97 heavy (non-hydrogen) atoms. The van der Waals surface area contributed by atoms with Gasteiger partial charge in [-0.3, -0.25) is 19.3 Å². The number of ether oxygens (including phenoxy) is 9. The Labute approximate surface area is 570 Å². The molecule has 0 radical (unpaired) electrons. The van der Waals surface area contributed by atoms with Gasteiger partial charge in [-0.05, 0) is 167 Å². The minimum Gasteiger partial charge on any atom is -0.351 e. The van der Waals surface area contributed by atoms with Crippen molar-refractivity contribution in [3.8, 4) is 0 Å². The first-order valence-electron chi connectivity index (χ1n) is 36.5. The van der Waals surface area contributed by atoms with E-state index in [0.717, 1.165) is 93.7 Å². The molecule has 3 spiro atoms. The molecule has 3 aliphatic carbocycles. The van der Waals surface area contributed by atoms with Crippen LogP contribution in [0.1, 0.15) is 187 Å². The summed E-state index contributed by atoms with van der Waals surface area (Å²) >= 11 is 0. The maximum absolute atomic E-state index is 13.7. The van der Waals surface area contributed by atoms with E-state index in [2.05, 4.69) is 62.4 Å². The Hall–Kier alpha value is -4.57.